The van der Waals surface area contributed by atoms with E-state index >= 15 is 0 Å². The lowest BCUT2D eigenvalue weighted by Crippen LogP contribution is -2.54. The fourth-order valence-electron chi connectivity index (χ4n) is 1.43. The Morgan fingerprint density at radius 3 is 2.38 bits per heavy atom. The Kier molecular flexibility index (Phi) is 4.07. The number of carbonyl (C=O) groups excluding carboxylic acids is 1. The van der Waals surface area contributed by atoms with Crippen molar-refractivity contribution in [2.75, 3.05) is 0 Å². The highest BCUT2D eigenvalue weighted by molar-refractivity contribution is 5.70. The summed E-state index contributed by atoms with van der Waals surface area (Å²) in [5.41, 5.74) is 4.62. The van der Waals surface area contributed by atoms with Crippen LogP contribution in [0, 0.1) is 0 Å². The zero-order valence-corrected chi connectivity index (χ0v) is 10.2. The van der Waals surface area contributed by atoms with Gasteiger partial charge in [-0.15, -0.1) is 0 Å². The molecule has 88 valence electrons. The van der Waals surface area contributed by atoms with Gasteiger partial charge in [0.1, 0.15) is 18.1 Å². The number of ether oxygens (including phenoxy) is 1. The molecule has 1 aromatic carbocycles. The van der Waals surface area contributed by atoms with Crippen LogP contribution < -0.4 is 5.73 Å². The van der Waals surface area contributed by atoms with Gasteiger partial charge in [0.25, 0.3) is 0 Å². The molecule has 0 spiro atoms. The third-order valence-corrected chi connectivity index (χ3v) is 2.10. The number of benzene rings is 1. The Balaban J connectivity index is 2.52. The summed E-state index contributed by atoms with van der Waals surface area (Å²) in [7, 11) is 0. The van der Waals surface area contributed by atoms with Crippen LogP contribution in [0.2, 0.25) is 0 Å². The Morgan fingerprint density at radius 1 is 1.31 bits per heavy atom. The van der Waals surface area contributed by atoms with E-state index in [1.54, 1.807) is 0 Å². The summed E-state index contributed by atoms with van der Waals surface area (Å²) < 4.78 is 5.25. The van der Waals surface area contributed by atoms with Gasteiger partial charge in [0.2, 0.25) is 0 Å². The molecule has 16 heavy (non-hydrogen) atoms. The Labute approximate surface area is 96.6 Å². The molecule has 3 N–H and O–H groups in total. The second kappa shape index (κ2) is 5.12. The van der Waals surface area contributed by atoms with E-state index in [1.807, 2.05) is 51.1 Å². The van der Waals surface area contributed by atoms with Gasteiger partial charge in [0.05, 0.1) is 0 Å². The third kappa shape index (κ3) is 4.45. The van der Waals surface area contributed by atoms with Gasteiger partial charge in [-0.25, -0.2) is 0 Å². The number of carbonyl (C=O) groups is 1. The minimum Gasteiger partial charge on any atom is -0.460 e. The van der Waals surface area contributed by atoms with E-state index in [1.165, 1.54) is 0 Å². The highest BCUT2D eigenvalue weighted by Crippen LogP contribution is 2.15. The van der Waals surface area contributed by atoms with Crippen LogP contribution in [0.5, 0.6) is 0 Å². The van der Waals surface area contributed by atoms with Crippen LogP contribution in [0.1, 0.15) is 38.8 Å². The van der Waals surface area contributed by atoms with Crippen molar-refractivity contribution in [3.63, 3.8) is 0 Å². The molecule has 0 radical (unpaired) electrons. The molecule has 0 heterocycles. The number of hydrogen-bond acceptors (Lipinski definition) is 2. The quantitative estimate of drug-likeness (QED) is 0.791. The van der Waals surface area contributed by atoms with Gasteiger partial charge < -0.3 is 10.5 Å². The van der Waals surface area contributed by atoms with Crippen molar-refractivity contribution in [3.05, 3.63) is 35.9 Å². The Morgan fingerprint density at radius 2 is 1.88 bits per heavy atom. The Hall–Kier alpha value is -1.35. The van der Waals surface area contributed by atoms with E-state index in [0.717, 1.165) is 5.56 Å². The summed E-state index contributed by atoms with van der Waals surface area (Å²) in [5, 5.41) is 0. The fourth-order valence-corrected chi connectivity index (χ4v) is 1.43. The molecule has 0 aliphatic carbocycles. The third-order valence-electron chi connectivity index (χ3n) is 2.10. The molecule has 1 aromatic rings. The maximum absolute atomic E-state index is 11.6. The van der Waals surface area contributed by atoms with Crippen molar-refractivity contribution in [3.8, 4) is 0 Å². The van der Waals surface area contributed by atoms with Gasteiger partial charge in [0, 0.05) is 5.56 Å². The molecule has 0 fully saturated rings. The van der Waals surface area contributed by atoms with E-state index in [-0.39, 0.29) is 12.0 Å². The summed E-state index contributed by atoms with van der Waals surface area (Å²) in [6.45, 7) is 5.60. The first-order valence-corrected chi connectivity index (χ1v) is 5.48. The van der Waals surface area contributed by atoms with Gasteiger partial charge >= 0.3 is 5.97 Å². The monoisotopic (exact) mass is 222 g/mol. The maximum atomic E-state index is 11.6. The van der Waals surface area contributed by atoms with Crippen molar-refractivity contribution >= 4 is 5.97 Å². The first-order valence-electron chi connectivity index (χ1n) is 5.48. The van der Waals surface area contributed by atoms with Crippen LogP contribution >= 0.6 is 0 Å². The highest BCUT2D eigenvalue weighted by Gasteiger charge is 2.20. The first-order chi connectivity index (χ1) is 7.38. The topological polar surface area (TPSA) is 53.9 Å². The van der Waals surface area contributed by atoms with Gasteiger partial charge in [-0.1, -0.05) is 30.3 Å². The van der Waals surface area contributed by atoms with Crippen LogP contribution in [0.3, 0.4) is 0 Å². The van der Waals surface area contributed by atoms with Crippen LogP contribution in [0.25, 0.3) is 0 Å². The largest absolute Gasteiger partial charge is 0.460 e. The lowest BCUT2D eigenvalue weighted by molar-refractivity contribution is -0.426. The van der Waals surface area contributed by atoms with Gasteiger partial charge in [-0.2, -0.15) is 0 Å². The van der Waals surface area contributed by atoms with Crippen LogP contribution in [-0.2, 0) is 9.53 Å². The summed E-state index contributed by atoms with van der Waals surface area (Å²) in [5.74, 6) is -0.198. The lowest BCUT2D eigenvalue weighted by atomic mass is 10.0. The van der Waals surface area contributed by atoms with E-state index in [4.69, 9.17) is 4.74 Å². The van der Waals surface area contributed by atoms with Crippen molar-refractivity contribution in [1.82, 2.24) is 0 Å². The smallest absolute Gasteiger partial charge is 0.312 e. The predicted octanol–water partition coefficient (Wildman–Crippen LogP) is 1.70. The van der Waals surface area contributed by atoms with E-state index in [2.05, 4.69) is 5.73 Å². The molecule has 0 aliphatic rings. The van der Waals surface area contributed by atoms with Crippen LogP contribution in [0.4, 0.5) is 0 Å². The summed E-state index contributed by atoms with van der Waals surface area (Å²) >= 11 is 0. The molecule has 0 saturated heterocycles. The van der Waals surface area contributed by atoms with E-state index < -0.39 is 5.60 Å². The average Bonchev–Trinajstić information content (AvgIpc) is 2.16. The summed E-state index contributed by atoms with van der Waals surface area (Å²) in [6.07, 6.45) is 0.321. The van der Waals surface area contributed by atoms with E-state index in [9.17, 15) is 4.79 Å². The second-order valence-electron chi connectivity index (χ2n) is 4.90. The van der Waals surface area contributed by atoms with Crippen LogP contribution in [0.15, 0.2) is 30.3 Å². The SMILES string of the molecule is CC(C)(C)OC(=O)C[C@@H]([NH3+])c1ccccc1. The molecular weight excluding hydrogens is 202 g/mol. The predicted molar refractivity (Wildman–Crippen MR) is 62.5 cm³/mol. The second-order valence-corrected chi connectivity index (χ2v) is 4.90. The average molecular weight is 222 g/mol. The van der Waals surface area contributed by atoms with Crippen molar-refractivity contribution in [1.29, 1.82) is 0 Å². The zero-order valence-electron chi connectivity index (χ0n) is 10.2. The zero-order chi connectivity index (χ0) is 12.2. The number of esters is 1. The van der Waals surface area contributed by atoms with Gasteiger partial charge in [-0.05, 0) is 20.8 Å². The first kappa shape index (κ1) is 12.7. The number of rotatable bonds is 3. The molecule has 3 heteroatoms. The maximum Gasteiger partial charge on any atom is 0.312 e. The minimum atomic E-state index is -0.423. The molecule has 0 saturated carbocycles. The van der Waals surface area contributed by atoms with Crippen molar-refractivity contribution < 1.29 is 15.3 Å². The van der Waals surface area contributed by atoms with Crippen molar-refractivity contribution in [2.45, 2.75) is 38.8 Å². The van der Waals surface area contributed by atoms with Crippen molar-refractivity contribution in [2.24, 2.45) is 0 Å². The fraction of sp³-hybridized carbons (Fsp3) is 0.462. The normalized spacial score (nSPS) is 13.2. The Bertz CT molecular complexity index is 341. The molecular formula is C13H20NO2+. The summed E-state index contributed by atoms with van der Waals surface area (Å²) in [6, 6.07) is 9.75. The lowest BCUT2D eigenvalue weighted by Gasteiger charge is -2.20. The number of quaternary nitrogens is 1. The molecule has 3 nitrogen and oxygen atoms in total. The standard InChI is InChI=1S/C13H19NO2/c1-13(2,3)16-12(15)9-11(14)10-7-5-4-6-8-10/h4-8,11H,9,14H2,1-3H3/p+1/t11-/m1/s1. The molecule has 0 unspecified atom stereocenters. The van der Waals surface area contributed by atoms with E-state index in [0.29, 0.717) is 6.42 Å². The van der Waals surface area contributed by atoms with Crippen LogP contribution in [-0.4, -0.2) is 11.6 Å². The molecule has 0 aliphatic heterocycles. The van der Waals surface area contributed by atoms with Gasteiger partial charge in [0.15, 0.2) is 0 Å². The molecule has 1 rings (SSSR count). The highest BCUT2D eigenvalue weighted by atomic mass is 16.6. The molecule has 0 bridgehead atoms. The molecule has 0 aromatic heterocycles. The molecule has 1 atom stereocenters. The van der Waals surface area contributed by atoms with Gasteiger partial charge in [-0.3, -0.25) is 4.79 Å². The summed E-state index contributed by atoms with van der Waals surface area (Å²) in [4.78, 5) is 11.6. The minimum absolute atomic E-state index is 0.0453. The number of hydrogen-bond donors (Lipinski definition) is 1. The molecule has 0 amide bonds.